The molecule has 0 saturated carbocycles. The van der Waals surface area contributed by atoms with Gasteiger partial charge in [-0.25, -0.2) is 4.79 Å². The van der Waals surface area contributed by atoms with Gasteiger partial charge in [-0.3, -0.25) is 14.3 Å². The molecule has 1 N–H and O–H groups in total. The number of methoxy groups -OCH3 is 1. The highest BCUT2D eigenvalue weighted by Crippen LogP contribution is 2.25. The number of rotatable bonds is 3. The molecule has 2 rings (SSSR count). The molecular formula is C12H10Br2N2O3. The first kappa shape index (κ1) is 14.1. The number of nitrogens with zero attached hydrogens (tertiary/aromatic N) is 1. The molecule has 0 saturated heterocycles. The van der Waals surface area contributed by atoms with Gasteiger partial charge in [0.05, 0.1) is 22.6 Å². The van der Waals surface area contributed by atoms with E-state index in [2.05, 4.69) is 36.8 Å². The number of halogens is 2. The Morgan fingerprint density at radius 1 is 1.26 bits per heavy atom. The van der Waals surface area contributed by atoms with Crippen LogP contribution in [0.1, 0.15) is 5.56 Å². The van der Waals surface area contributed by atoms with Crippen molar-refractivity contribution in [3.8, 4) is 5.75 Å². The number of H-pyrrole nitrogens is 1. The molecule has 1 aromatic carbocycles. The van der Waals surface area contributed by atoms with E-state index in [0.29, 0.717) is 11.0 Å². The van der Waals surface area contributed by atoms with Gasteiger partial charge in [-0.05, 0) is 49.6 Å². The van der Waals surface area contributed by atoms with E-state index in [9.17, 15) is 9.59 Å². The normalized spacial score (nSPS) is 10.5. The molecule has 19 heavy (non-hydrogen) atoms. The average molecular weight is 390 g/mol. The van der Waals surface area contributed by atoms with Crippen LogP contribution in [0.4, 0.5) is 0 Å². The van der Waals surface area contributed by atoms with Crippen molar-refractivity contribution in [1.82, 2.24) is 9.55 Å². The number of ether oxygens (including phenoxy) is 1. The van der Waals surface area contributed by atoms with Gasteiger partial charge in [0.25, 0.3) is 5.56 Å². The molecule has 0 bridgehead atoms. The molecule has 2 aromatic rings. The van der Waals surface area contributed by atoms with Gasteiger partial charge in [0.2, 0.25) is 0 Å². The third-order valence-corrected chi connectivity index (χ3v) is 3.72. The highest BCUT2D eigenvalue weighted by molar-refractivity contribution is 9.10. The first-order chi connectivity index (χ1) is 9.01. The van der Waals surface area contributed by atoms with Crippen LogP contribution in [0.5, 0.6) is 5.75 Å². The maximum atomic E-state index is 11.7. The van der Waals surface area contributed by atoms with Crippen LogP contribution >= 0.6 is 31.9 Å². The predicted octanol–water partition coefficient (Wildman–Crippen LogP) is 2.12. The number of benzene rings is 1. The molecule has 100 valence electrons. The minimum absolute atomic E-state index is 0.319. The zero-order valence-electron chi connectivity index (χ0n) is 9.94. The fourth-order valence-electron chi connectivity index (χ4n) is 1.61. The third-order valence-electron chi connectivity index (χ3n) is 2.54. The number of aromatic amines is 1. The zero-order chi connectivity index (χ0) is 14.0. The second kappa shape index (κ2) is 5.75. The zero-order valence-corrected chi connectivity index (χ0v) is 13.1. The second-order valence-electron chi connectivity index (χ2n) is 3.83. The minimum atomic E-state index is -0.444. The summed E-state index contributed by atoms with van der Waals surface area (Å²) in [5.74, 6) is 0.721. The van der Waals surface area contributed by atoms with Crippen LogP contribution in [-0.4, -0.2) is 16.7 Å². The summed E-state index contributed by atoms with van der Waals surface area (Å²) in [4.78, 5) is 25.1. The smallest absolute Gasteiger partial charge is 0.328 e. The molecule has 0 atom stereocenters. The molecule has 0 radical (unpaired) electrons. The van der Waals surface area contributed by atoms with Crippen LogP contribution < -0.4 is 16.0 Å². The highest BCUT2D eigenvalue weighted by Gasteiger charge is 2.05. The van der Waals surface area contributed by atoms with Gasteiger partial charge in [-0.2, -0.15) is 0 Å². The summed E-state index contributed by atoms with van der Waals surface area (Å²) in [6, 6.07) is 5.53. The lowest BCUT2D eigenvalue weighted by molar-refractivity contribution is 0.412. The molecule has 0 amide bonds. The number of hydrogen-bond donors (Lipinski definition) is 1. The van der Waals surface area contributed by atoms with Crippen LogP contribution in [0.15, 0.2) is 42.9 Å². The van der Waals surface area contributed by atoms with Crippen molar-refractivity contribution in [2.24, 2.45) is 0 Å². The molecule has 0 aliphatic carbocycles. The fraction of sp³-hybridized carbons (Fsp3) is 0.167. The Morgan fingerprint density at radius 3 is 2.63 bits per heavy atom. The molecular weight excluding hydrogens is 380 g/mol. The number of aromatic nitrogens is 2. The molecule has 0 unspecified atom stereocenters. The predicted molar refractivity (Wildman–Crippen MR) is 78.8 cm³/mol. The van der Waals surface area contributed by atoms with Crippen molar-refractivity contribution in [2.75, 3.05) is 7.11 Å². The van der Waals surface area contributed by atoms with Gasteiger partial charge in [-0.1, -0.05) is 6.07 Å². The summed E-state index contributed by atoms with van der Waals surface area (Å²) in [5, 5.41) is 0. The van der Waals surface area contributed by atoms with Crippen LogP contribution in [0, 0.1) is 0 Å². The van der Waals surface area contributed by atoms with E-state index in [-0.39, 0.29) is 0 Å². The number of nitrogens with one attached hydrogen (secondary N) is 1. The van der Waals surface area contributed by atoms with Crippen LogP contribution in [0.25, 0.3) is 0 Å². The topological polar surface area (TPSA) is 64.1 Å². The van der Waals surface area contributed by atoms with E-state index in [4.69, 9.17) is 4.74 Å². The Hall–Kier alpha value is -1.34. The minimum Gasteiger partial charge on any atom is -0.496 e. The van der Waals surface area contributed by atoms with Gasteiger partial charge >= 0.3 is 5.69 Å². The van der Waals surface area contributed by atoms with Crippen LogP contribution in [0.2, 0.25) is 0 Å². The summed E-state index contributed by atoms with van der Waals surface area (Å²) >= 11 is 6.48. The average Bonchev–Trinajstić information content (AvgIpc) is 2.36. The van der Waals surface area contributed by atoms with Crippen molar-refractivity contribution in [3.05, 3.63) is 59.7 Å². The summed E-state index contributed by atoms with van der Waals surface area (Å²) in [6.45, 7) is 0.358. The third kappa shape index (κ3) is 3.16. The molecule has 0 aliphatic heterocycles. The molecule has 5 nitrogen and oxygen atoms in total. The van der Waals surface area contributed by atoms with Crippen molar-refractivity contribution in [1.29, 1.82) is 0 Å². The van der Waals surface area contributed by atoms with Crippen molar-refractivity contribution in [2.45, 2.75) is 6.54 Å². The standard InChI is InChI=1S/C12H10Br2N2O3/c1-19-10-3-2-7(4-8(10)13)5-16-6-9(14)11(17)15-12(16)18/h2-4,6H,5H2,1H3,(H,15,17,18). The summed E-state index contributed by atoms with van der Waals surface area (Å²) in [5.41, 5.74) is 0.0334. The van der Waals surface area contributed by atoms with Gasteiger partial charge in [0, 0.05) is 6.20 Å². The van der Waals surface area contributed by atoms with E-state index in [1.807, 2.05) is 18.2 Å². The lowest BCUT2D eigenvalue weighted by atomic mass is 10.2. The monoisotopic (exact) mass is 388 g/mol. The quantitative estimate of drug-likeness (QED) is 0.874. The van der Waals surface area contributed by atoms with Gasteiger partial charge in [0.15, 0.2) is 0 Å². The van der Waals surface area contributed by atoms with Crippen molar-refractivity contribution < 1.29 is 4.74 Å². The van der Waals surface area contributed by atoms with Gasteiger partial charge in [0.1, 0.15) is 5.75 Å². The summed E-state index contributed by atoms with van der Waals surface area (Å²) < 4.78 is 7.68. The Labute approximate surface area is 125 Å². The lowest BCUT2D eigenvalue weighted by Gasteiger charge is -2.08. The number of hydrogen-bond acceptors (Lipinski definition) is 3. The fourth-order valence-corrected chi connectivity index (χ4v) is 2.54. The van der Waals surface area contributed by atoms with Gasteiger partial charge in [-0.15, -0.1) is 0 Å². The summed E-state index contributed by atoms with van der Waals surface area (Å²) in [6.07, 6.45) is 1.47. The SMILES string of the molecule is COc1ccc(Cn2cc(Br)c(=O)[nH]c2=O)cc1Br. The Balaban J connectivity index is 2.36. The second-order valence-corrected chi connectivity index (χ2v) is 5.54. The largest absolute Gasteiger partial charge is 0.496 e. The molecule has 1 aromatic heterocycles. The molecule has 0 spiro atoms. The Kier molecular flexibility index (Phi) is 4.26. The van der Waals surface area contributed by atoms with Crippen molar-refractivity contribution in [3.63, 3.8) is 0 Å². The molecule has 0 fully saturated rings. The van der Waals surface area contributed by atoms with E-state index < -0.39 is 11.2 Å². The first-order valence-electron chi connectivity index (χ1n) is 5.33. The van der Waals surface area contributed by atoms with Gasteiger partial charge < -0.3 is 4.74 Å². The first-order valence-corrected chi connectivity index (χ1v) is 6.91. The molecule has 0 aliphatic rings. The maximum absolute atomic E-state index is 11.7. The van der Waals surface area contributed by atoms with E-state index in [1.54, 1.807) is 7.11 Å². The van der Waals surface area contributed by atoms with E-state index in [1.165, 1.54) is 10.8 Å². The van der Waals surface area contributed by atoms with Crippen molar-refractivity contribution >= 4 is 31.9 Å². The Morgan fingerprint density at radius 2 is 2.00 bits per heavy atom. The Bertz CT molecular complexity index is 722. The van der Waals surface area contributed by atoms with Crippen LogP contribution in [0.3, 0.4) is 0 Å². The molecule has 1 heterocycles. The van der Waals surface area contributed by atoms with E-state index >= 15 is 0 Å². The maximum Gasteiger partial charge on any atom is 0.328 e. The summed E-state index contributed by atoms with van der Waals surface area (Å²) in [7, 11) is 1.59. The van der Waals surface area contributed by atoms with Crippen LogP contribution in [-0.2, 0) is 6.54 Å². The lowest BCUT2D eigenvalue weighted by Crippen LogP contribution is -2.30. The highest BCUT2D eigenvalue weighted by atomic mass is 79.9. The van der Waals surface area contributed by atoms with E-state index in [0.717, 1.165) is 15.8 Å². The molecule has 7 heteroatoms.